The molecule has 3 rings (SSSR count). The average molecular weight is 432 g/mol. The van der Waals surface area contributed by atoms with Gasteiger partial charge < -0.3 is 16.0 Å². The van der Waals surface area contributed by atoms with Crippen molar-refractivity contribution in [2.45, 2.75) is 34.1 Å². The van der Waals surface area contributed by atoms with Crippen molar-refractivity contribution < 1.29 is 9.59 Å². The van der Waals surface area contributed by atoms with E-state index in [4.69, 9.17) is 0 Å². The molecule has 0 fully saturated rings. The Labute approximate surface area is 188 Å². The number of hydrogen-bond donors (Lipinski definition) is 3. The first kappa shape index (κ1) is 22.9. The summed E-state index contributed by atoms with van der Waals surface area (Å²) >= 11 is 0. The number of amides is 2. The highest BCUT2D eigenvalue weighted by Crippen LogP contribution is 2.22. The Morgan fingerprint density at radius 1 is 0.969 bits per heavy atom. The Morgan fingerprint density at radius 2 is 1.72 bits per heavy atom. The van der Waals surface area contributed by atoms with E-state index < -0.39 is 0 Å². The van der Waals surface area contributed by atoms with Crippen LogP contribution >= 0.6 is 0 Å². The second-order valence-electron chi connectivity index (χ2n) is 8.80. The van der Waals surface area contributed by atoms with Crippen molar-refractivity contribution in [2.24, 2.45) is 5.41 Å². The molecule has 0 spiro atoms. The number of nitrogens with zero attached hydrogens (tertiary/aromatic N) is 2. The SMILES string of the molecule is CC(=O)Nc1ccc(-c2ccnc(Nc3cccc(C(=O)NCCC(C)(C)C)c3)n2)cc1. The third-order valence-electron chi connectivity index (χ3n) is 4.70. The number of anilines is 3. The maximum Gasteiger partial charge on any atom is 0.251 e. The van der Waals surface area contributed by atoms with E-state index in [0.717, 1.165) is 29.1 Å². The lowest BCUT2D eigenvalue weighted by Gasteiger charge is -2.18. The van der Waals surface area contributed by atoms with Crippen LogP contribution in [0.3, 0.4) is 0 Å². The first-order valence-corrected chi connectivity index (χ1v) is 10.6. The number of aromatic nitrogens is 2. The minimum atomic E-state index is -0.114. The normalized spacial score (nSPS) is 11.0. The molecule has 2 amide bonds. The molecule has 7 heteroatoms. The molecule has 0 saturated carbocycles. The van der Waals surface area contributed by atoms with Crippen molar-refractivity contribution in [2.75, 3.05) is 17.2 Å². The van der Waals surface area contributed by atoms with Crippen LogP contribution in [0.5, 0.6) is 0 Å². The second-order valence-corrected chi connectivity index (χ2v) is 8.80. The minimum absolute atomic E-state index is 0.105. The maximum atomic E-state index is 12.5. The molecule has 0 atom stereocenters. The van der Waals surface area contributed by atoms with Gasteiger partial charge in [0, 0.05) is 42.2 Å². The van der Waals surface area contributed by atoms with Gasteiger partial charge in [-0.15, -0.1) is 0 Å². The average Bonchev–Trinajstić information content (AvgIpc) is 2.73. The fourth-order valence-corrected chi connectivity index (χ4v) is 3.03. The molecule has 0 unspecified atom stereocenters. The largest absolute Gasteiger partial charge is 0.352 e. The highest BCUT2D eigenvalue weighted by molar-refractivity contribution is 5.95. The summed E-state index contributed by atoms with van der Waals surface area (Å²) in [7, 11) is 0. The molecule has 0 aliphatic heterocycles. The highest BCUT2D eigenvalue weighted by Gasteiger charge is 2.12. The fraction of sp³-hybridized carbons (Fsp3) is 0.280. The van der Waals surface area contributed by atoms with Gasteiger partial charge in [0.15, 0.2) is 0 Å². The first-order chi connectivity index (χ1) is 15.2. The Morgan fingerprint density at radius 3 is 2.41 bits per heavy atom. The summed E-state index contributed by atoms with van der Waals surface area (Å²) in [5, 5.41) is 8.88. The number of nitrogens with one attached hydrogen (secondary N) is 3. The van der Waals surface area contributed by atoms with E-state index in [1.807, 2.05) is 42.5 Å². The molecule has 1 aromatic heterocycles. The van der Waals surface area contributed by atoms with E-state index in [1.54, 1.807) is 18.3 Å². The number of rotatable bonds is 7. The maximum absolute atomic E-state index is 12.5. The standard InChI is InChI=1S/C25H29N5O2/c1-17(31)28-20-10-8-18(9-11-20)22-12-14-27-24(30-22)29-21-7-5-6-19(16-21)23(32)26-15-13-25(2,3)4/h5-12,14,16H,13,15H2,1-4H3,(H,26,32)(H,28,31)(H,27,29,30). The van der Waals surface area contributed by atoms with E-state index in [9.17, 15) is 9.59 Å². The van der Waals surface area contributed by atoms with Gasteiger partial charge in [-0.1, -0.05) is 39.0 Å². The van der Waals surface area contributed by atoms with Crippen LogP contribution < -0.4 is 16.0 Å². The van der Waals surface area contributed by atoms with Crippen LogP contribution in [-0.2, 0) is 4.79 Å². The minimum Gasteiger partial charge on any atom is -0.352 e. The first-order valence-electron chi connectivity index (χ1n) is 10.6. The van der Waals surface area contributed by atoms with Gasteiger partial charge in [0.1, 0.15) is 0 Å². The van der Waals surface area contributed by atoms with Crippen LogP contribution in [0.15, 0.2) is 60.8 Å². The van der Waals surface area contributed by atoms with Crippen molar-refractivity contribution in [3.63, 3.8) is 0 Å². The molecule has 0 radical (unpaired) electrons. The summed E-state index contributed by atoms with van der Waals surface area (Å²) in [6.07, 6.45) is 2.58. The van der Waals surface area contributed by atoms with Gasteiger partial charge in [-0.3, -0.25) is 9.59 Å². The molecule has 0 bridgehead atoms. The van der Waals surface area contributed by atoms with E-state index in [2.05, 4.69) is 46.7 Å². The van der Waals surface area contributed by atoms with Crippen LogP contribution in [0.2, 0.25) is 0 Å². The number of carbonyl (C=O) groups is 2. The lowest BCUT2D eigenvalue weighted by molar-refractivity contribution is -0.114. The quantitative estimate of drug-likeness (QED) is 0.489. The Bertz CT molecular complexity index is 1090. The predicted octanol–water partition coefficient (Wildman–Crippen LogP) is 5.01. The third-order valence-corrected chi connectivity index (χ3v) is 4.70. The van der Waals surface area contributed by atoms with E-state index in [-0.39, 0.29) is 17.2 Å². The van der Waals surface area contributed by atoms with Crippen LogP contribution in [0.25, 0.3) is 11.3 Å². The Balaban J connectivity index is 1.68. The van der Waals surface area contributed by atoms with E-state index in [0.29, 0.717) is 18.1 Å². The Kier molecular flexibility index (Phi) is 7.20. The smallest absolute Gasteiger partial charge is 0.251 e. The predicted molar refractivity (Wildman–Crippen MR) is 128 cm³/mol. The summed E-state index contributed by atoms with van der Waals surface area (Å²) < 4.78 is 0. The zero-order valence-corrected chi connectivity index (χ0v) is 18.9. The topological polar surface area (TPSA) is 96.0 Å². The monoisotopic (exact) mass is 431 g/mol. The number of carbonyl (C=O) groups excluding carboxylic acids is 2. The van der Waals surface area contributed by atoms with Crippen molar-refractivity contribution in [1.29, 1.82) is 0 Å². The van der Waals surface area contributed by atoms with Gasteiger partial charge in [-0.2, -0.15) is 0 Å². The summed E-state index contributed by atoms with van der Waals surface area (Å²) in [6, 6.07) is 16.5. The molecule has 0 saturated heterocycles. The summed E-state index contributed by atoms with van der Waals surface area (Å²) in [5.74, 6) is 0.210. The molecule has 32 heavy (non-hydrogen) atoms. The zero-order chi connectivity index (χ0) is 23.1. The second kappa shape index (κ2) is 10.0. The van der Waals surface area contributed by atoms with Crippen LogP contribution in [0, 0.1) is 5.41 Å². The highest BCUT2D eigenvalue weighted by atomic mass is 16.2. The molecule has 1 heterocycles. The fourth-order valence-electron chi connectivity index (χ4n) is 3.03. The van der Waals surface area contributed by atoms with Crippen molar-refractivity contribution in [1.82, 2.24) is 15.3 Å². The van der Waals surface area contributed by atoms with Crippen LogP contribution in [-0.4, -0.2) is 28.3 Å². The Hall–Kier alpha value is -3.74. The summed E-state index contributed by atoms with van der Waals surface area (Å²) in [6.45, 7) is 8.55. The van der Waals surface area contributed by atoms with Gasteiger partial charge in [-0.05, 0) is 48.2 Å². The molecule has 3 aromatic rings. The molecular formula is C25H29N5O2. The van der Waals surface area contributed by atoms with Crippen LogP contribution in [0.4, 0.5) is 17.3 Å². The van der Waals surface area contributed by atoms with Crippen LogP contribution in [0.1, 0.15) is 44.5 Å². The van der Waals surface area contributed by atoms with Gasteiger partial charge >= 0.3 is 0 Å². The van der Waals surface area contributed by atoms with Crippen molar-refractivity contribution in [3.8, 4) is 11.3 Å². The molecule has 166 valence electrons. The van der Waals surface area contributed by atoms with Gasteiger partial charge in [0.2, 0.25) is 11.9 Å². The zero-order valence-electron chi connectivity index (χ0n) is 18.9. The lowest BCUT2D eigenvalue weighted by Crippen LogP contribution is -2.27. The van der Waals surface area contributed by atoms with Gasteiger partial charge in [-0.25, -0.2) is 9.97 Å². The molecule has 2 aromatic carbocycles. The number of hydrogen-bond acceptors (Lipinski definition) is 5. The molecule has 3 N–H and O–H groups in total. The summed E-state index contributed by atoms with van der Waals surface area (Å²) in [5.41, 5.74) is 3.85. The molecule has 7 nitrogen and oxygen atoms in total. The molecule has 0 aliphatic carbocycles. The van der Waals surface area contributed by atoms with Crippen molar-refractivity contribution >= 4 is 29.1 Å². The van der Waals surface area contributed by atoms with Gasteiger partial charge in [0.05, 0.1) is 5.69 Å². The van der Waals surface area contributed by atoms with Gasteiger partial charge in [0.25, 0.3) is 5.91 Å². The lowest BCUT2D eigenvalue weighted by atomic mass is 9.92. The molecular weight excluding hydrogens is 402 g/mol. The van der Waals surface area contributed by atoms with E-state index >= 15 is 0 Å². The van der Waals surface area contributed by atoms with Crippen molar-refractivity contribution in [3.05, 3.63) is 66.4 Å². The summed E-state index contributed by atoms with van der Waals surface area (Å²) in [4.78, 5) is 32.5. The number of benzene rings is 2. The van der Waals surface area contributed by atoms with E-state index in [1.165, 1.54) is 6.92 Å². The third kappa shape index (κ3) is 6.91. The molecule has 0 aliphatic rings.